The first-order chi connectivity index (χ1) is 12.3. The number of hydrogen-bond acceptors (Lipinski definition) is 5. The van der Waals surface area contributed by atoms with Gasteiger partial charge < -0.3 is 15.5 Å². The minimum absolute atomic E-state index is 0.155. The standard InChI is InChI=1S/C19H23N5O2/c1-19(2,3)9-10-21-17(25)15-12-26-18(23-15)14-11-22-24(16(14)20)13-7-5-4-6-8-13/h4-8,11-12H,9-10,20H2,1-3H3,(H,21,25). The lowest BCUT2D eigenvalue weighted by atomic mass is 9.92. The van der Waals surface area contributed by atoms with Crippen molar-refractivity contribution < 1.29 is 9.21 Å². The summed E-state index contributed by atoms with van der Waals surface area (Å²) >= 11 is 0. The number of aromatic nitrogens is 3. The van der Waals surface area contributed by atoms with Gasteiger partial charge in [0.05, 0.1) is 17.4 Å². The van der Waals surface area contributed by atoms with Crippen LogP contribution in [-0.4, -0.2) is 27.2 Å². The van der Waals surface area contributed by atoms with Crippen LogP contribution in [0.1, 0.15) is 37.7 Å². The molecular formula is C19H23N5O2. The van der Waals surface area contributed by atoms with Crippen molar-refractivity contribution in [1.82, 2.24) is 20.1 Å². The van der Waals surface area contributed by atoms with Crippen LogP contribution in [0.15, 0.2) is 47.2 Å². The van der Waals surface area contributed by atoms with Gasteiger partial charge in [0.1, 0.15) is 12.1 Å². The number of oxazole rings is 1. The van der Waals surface area contributed by atoms with E-state index in [0.29, 0.717) is 17.9 Å². The molecule has 0 saturated carbocycles. The Labute approximate surface area is 152 Å². The molecule has 2 heterocycles. The number of anilines is 1. The molecule has 0 spiro atoms. The smallest absolute Gasteiger partial charge is 0.273 e. The lowest BCUT2D eigenvalue weighted by Crippen LogP contribution is -2.27. The third-order valence-corrected chi connectivity index (χ3v) is 3.93. The second kappa shape index (κ2) is 7.03. The quantitative estimate of drug-likeness (QED) is 0.733. The number of carbonyl (C=O) groups excluding carboxylic acids is 1. The fourth-order valence-electron chi connectivity index (χ4n) is 2.44. The molecule has 0 radical (unpaired) electrons. The molecule has 3 aromatic rings. The third-order valence-electron chi connectivity index (χ3n) is 3.93. The first-order valence-corrected chi connectivity index (χ1v) is 8.48. The van der Waals surface area contributed by atoms with E-state index >= 15 is 0 Å². The highest BCUT2D eigenvalue weighted by Gasteiger charge is 2.19. The van der Waals surface area contributed by atoms with E-state index in [1.54, 1.807) is 10.9 Å². The molecule has 136 valence electrons. The van der Waals surface area contributed by atoms with Gasteiger partial charge >= 0.3 is 0 Å². The number of carbonyl (C=O) groups is 1. The molecule has 0 aliphatic rings. The number of para-hydroxylation sites is 1. The fourth-order valence-corrected chi connectivity index (χ4v) is 2.44. The Bertz CT molecular complexity index is 890. The van der Waals surface area contributed by atoms with Crippen molar-refractivity contribution in [2.45, 2.75) is 27.2 Å². The minimum atomic E-state index is -0.265. The molecule has 0 unspecified atom stereocenters. The van der Waals surface area contributed by atoms with Crippen LogP contribution in [0.3, 0.4) is 0 Å². The number of nitrogens with one attached hydrogen (secondary N) is 1. The molecule has 0 saturated heterocycles. The number of nitrogen functional groups attached to an aromatic ring is 1. The van der Waals surface area contributed by atoms with Gasteiger partial charge in [0.25, 0.3) is 5.91 Å². The second-order valence-corrected chi connectivity index (χ2v) is 7.30. The van der Waals surface area contributed by atoms with E-state index in [0.717, 1.165) is 12.1 Å². The van der Waals surface area contributed by atoms with Crippen LogP contribution in [-0.2, 0) is 0 Å². The fraction of sp³-hybridized carbons (Fsp3) is 0.316. The number of benzene rings is 1. The molecule has 1 aromatic carbocycles. The van der Waals surface area contributed by atoms with Crippen LogP contribution >= 0.6 is 0 Å². The molecule has 0 bridgehead atoms. The molecule has 26 heavy (non-hydrogen) atoms. The van der Waals surface area contributed by atoms with Crippen LogP contribution < -0.4 is 11.1 Å². The predicted molar refractivity (Wildman–Crippen MR) is 99.9 cm³/mol. The lowest BCUT2D eigenvalue weighted by Gasteiger charge is -2.17. The number of amides is 1. The molecule has 7 nitrogen and oxygen atoms in total. The summed E-state index contributed by atoms with van der Waals surface area (Å²) in [6.07, 6.45) is 3.79. The third kappa shape index (κ3) is 3.93. The molecule has 7 heteroatoms. The van der Waals surface area contributed by atoms with Gasteiger partial charge in [-0.15, -0.1) is 0 Å². The van der Waals surface area contributed by atoms with Crippen molar-refractivity contribution in [2.75, 3.05) is 12.3 Å². The maximum atomic E-state index is 12.2. The van der Waals surface area contributed by atoms with E-state index in [4.69, 9.17) is 10.2 Å². The Morgan fingerprint density at radius 1 is 1.27 bits per heavy atom. The van der Waals surface area contributed by atoms with Crippen LogP contribution in [0.4, 0.5) is 5.82 Å². The molecule has 0 aliphatic heterocycles. The highest BCUT2D eigenvalue weighted by Crippen LogP contribution is 2.27. The van der Waals surface area contributed by atoms with Crippen molar-refractivity contribution in [2.24, 2.45) is 5.41 Å². The predicted octanol–water partition coefficient (Wildman–Crippen LogP) is 3.28. The van der Waals surface area contributed by atoms with Crippen molar-refractivity contribution in [3.05, 3.63) is 48.5 Å². The molecule has 2 aromatic heterocycles. The SMILES string of the molecule is CC(C)(C)CCNC(=O)c1coc(-c2cnn(-c3ccccc3)c2N)n1. The Morgan fingerprint density at radius 3 is 2.69 bits per heavy atom. The summed E-state index contributed by atoms with van der Waals surface area (Å²) in [6.45, 7) is 6.96. The normalized spacial score (nSPS) is 11.5. The average Bonchev–Trinajstić information content (AvgIpc) is 3.21. The van der Waals surface area contributed by atoms with Gasteiger partial charge in [-0.3, -0.25) is 4.79 Å². The van der Waals surface area contributed by atoms with Crippen LogP contribution in [0.2, 0.25) is 0 Å². The number of nitrogens with zero attached hydrogens (tertiary/aromatic N) is 3. The van der Waals surface area contributed by atoms with Gasteiger partial charge in [-0.1, -0.05) is 39.0 Å². The zero-order chi connectivity index (χ0) is 18.7. The summed E-state index contributed by atoms with van der Waals surface area (Å²) < 4.78 is 7.04. The Morgan fingerprint density at radius 2 is 2.00 bits per heavy atom. The molecule has 0 atom stereocenters. The van der Waals surface area contributed by atoms with Gasteiger partial charge in [-0.05, 0) is 24.0 Å². The van der Waals surface area contributed by atoms with Crippen molar-refractivity contribution >= 4 is 11.7 Å². The number of hydrogen-bond donors (Lipinski definition) is 2. The monoisotopic (exact) mass is 353 g/mol. The summed E-state index contributed by atoms with van der Waals surface area (Å²) in [4.78, 5) is 16.5. The average molecular weight is 353 g/mol. The molecule has 0 fully saturated rings. The molecule has 3 rings (SSSR count). The van der Waals surface area contributed by atoms with Crippen LogP contribution in [0.25, 0.3) is 17.1 Å². The topological polar surface area (TPSA) is 99.0 Å². The van der Waals surface area contributed by atoms with E-state index in [-0.39, 0.29) is 22.9 Å². The van der Waals surface area contributed by atoms with Gasteiger partial charge in [0, 0.05) is 6.54 Å². The lowest BCUT2D eigenvalue weighted by molar-refractivity contribution is 0.0944. The maximum Gasteiger partial charge on any atom is 0.273 e. The molecular weight excluding hydrogens is 330 g/mol. The van der Waals surface area contributed by atoms with Crippen molar-refractivity contribution in [3.8, 4) is 17.1 Å². The van der Waals surface area contributed by atoms with Crippen molar-refractivity contribution in [1.29, 1.82) is 0 Å². The van der Waals surface area contributed by atoms with Gasteiger partial charge in [-0.25, -0.2) is 9.67 Å². The van der Waals surface area contributed by atoms with Gasteiger partial charge in [0.2, 0.25) is 5.89 Å². The molecule has 1 amide bonds. The summed E-state index contributed by atoms with van der Waals surface area (Å²) in [5, 5.41) is 7.14. The van der Waals surface area contributed by atoms with Crippen LogP contribution in [0.5, 0.6) is 0 Å². The second-order valence-electron chi connectivity index (χ2n) is 7.30. The first-order valence-electron chi connectivity index (χ1n) is 8.48. The summed E-state index contributed by atoms with van der Waals surface area (Å²) in [6, 6.07) is 9.53. The zero-order valence-corrected chi connectivity index (χ0v) is 15.2. The van der Waals surface area contributed by atoms with Gasteiger partial charge in [-0.2, -0.15) is 5.10 Å². The van der Waals surface area contributed by atoms with E-state index in [9.17, 15) is 4.79 Å². The summed E-state index contributed by atoms with van der Waals surface area (Å²) in [7, 11) is 0. The highest BCUT2D eigenvalue weighted by molar-refractivity contribution is 5.92. The molecule has 0 aliphatic carbocycles. The zero-order valence-electron chi connectivity index (χ0n) is 15.2. The summed E-state index contributed by atoms with van der Waals surface area (Å²) in [5.74, 6) is 0.404. The van der Waals surface area contributed by atoms with Gasteiger partial charge in [0.15, 0.2) is 5.69 Å². The Balaban J connectivity index is 1.74. The minimum Gasteiger partial charge on any atom is -0.443 e. The number of rotatable bonds is 5. The Hall–Kier alpha value is -3.09. The summed E-state index contributed by atoms with van der Waals surface area (Å²) in [5.41, 5.74) is 7.94. The maximum absolute atomic E-state index is 12.2. The molecule has 3 N–H and O–H groups in total. The van der Waals surface area contributed by atoms with E-state index in [2.05, 4.69) is 36.2 Å². The first kappa shape index (κ1) is 17.7. The van der Waals surface area contributed by atoms with Crippen LogP contribution in [0, 0.1) is 5.41 Å². The van der Waals surface area contributed by atoms with E-state index < -0.39 is 0 Å². The largest absolute Gasteiger partial charge is 0.443 e. The van der Waals surface area contributed by atoms with E-state index in [1.165, 1.54) is 6.26 Å². The van der Waals surface area contributed by atoms with E-state index in [1.807, 2.05) is 30.3 Å². The van der Waals surface area contributed by atoms with Crippen molar-refractivity contribution in [3.63, 3.8) is 0 Å². The Kier molecular flexibility index (Phi) is 4.79. The highest BCUT2D eigenvalue weighted by atomic mass is 16.3. The number of nitrogens with two attached hydrogens (primary N) is 1.